The number of aliphatic hydroxyl groups excluding tert-OH is 1. The Morgan fingerprint density at radius 3 is 2.45 bits per heavy atom. The zero-order chi connectivity index (χ0) is 16.1. The number of β-amino-alcohol motifs (C(OH)–C–C–N with tert-alkyl or cyclic N) is 1. The molecule has 1 aliphatic rings. The number of hydrogen-bond donors (Lipinski definition) is 1. The molecule has 1 N–H and O–H groups in total. The second-order valence-electron chi connectivity index (χ2n) is 5.94. The fourth-order valence-corrected chi connectivity index (χ4v) is 3.07. The molecule has 1 amide bonds. The summed E-state index contributed by atoms with van der Waals surface area (Å²) in [5.41, 5.74) is 1.61. The third-order valence-corrected chi connectivity index (χ3v) is 4.44. The molecule has 0 atom stereocenters. The molecule has 2 rings (SSSR count). The first-order chi connectivity index (χ1) is 10.6. The number of aliphatic hydroxyl groups is 1. The van der Waals surface area contributed by atoms with E-state index in [1.165, 1.54) is 0 Å². The minimum absolute atomic E-state index is 0.0798. The summed E-state index contributed by atoms with van der Waals surface area (Å²) in [6.45, 7) is 10.1. The Bertz CT molecular complexity index is 488. The largest absolute Gasteiger partial charge is 0.395 e. The van der Waals surface area contributed by atoms with Gasteiger partial charge in [0.05, 0.1) is 18.3 Å². The molecule has 6 heteroatoms. The highest BCUT2D eigenvalue weighted by Crippen LogP contribution is 2.20. The average Bonchev–Trinajstić information content (AvgIpc) is 2.91. The number of nitrogens with zero attached hydrogens (tertiary/aromatic N) is 4. The molecule has 0 saturated carbocycles. The lowest BCUT2D eigenvalue weighted by molar-refractivity contribution is 0.0600. The molecule has 1 aromatic heterocycles. The highest BCUT2D eigenvalue weighted by atomic mass is 16.3. The molecule has 22 heavy (non-hydrogen) atoms. The van der Waals surface area contributed by atoms with Gasteiger partial charge in [0, 0.05) is 32.7 Å². The van der Waals surface area contributed by atoms with Gasteiger partial charge < -0.3 is 10.0 Å². The number of carbonyl (C=O) groups excluding carboxylic acids is 1. The molecule has 0 bridgehead atoms. The summed E-state index contributed by atoms with van der Waals surface area (Å²) in [5, 5.41) is 13.5. The van der Waals surface area contributed by atoms with E-state index in [1.54, 1.807) is 0 Å². The van der Waals surface area contributed by atoms with Gasteiger partial charge in [-0.25, -0.2) is 0 Å². The van der Waals surface area contributed by atoms with Gasteiger partial charge in [-0.1, -0.05) is 13.8 Å². The predicted octanol–water partition coefficient (Wildman–Crippen LogP) is 1.30. The van der Waals surface area contributed by atoms with Crippen molar-refractivity contribution in [2.45, 2.75) is 39.7 Å². The molecule has 0 aromatic carbocycles. The van der Waals surface area contributed by atoms with Crippen molar-refractivity contribution in [3.8, 4) is 0 Å². The third kappa shape index (κ3) is 3.67. The van der Waals surface area contributed by atoms with Gasteiger partial charge in [-0.3, -0.25) is 14.4 Å². The Labute approximate surface area is 132 Å². The lowest BCUT2D eigenvalue weighted by Crippen LogP contribution is -2.49. The summed E-state index contributed by atoms with van der Waals surface area (Å²) < 4.78 is 1.91. The first-order valence-corrected chi connectivity index (χ1v) is 8.29. The van der Waals surface area contributed by atoms with Crippen LogP contribution >= 0.6 is 0 Å². The molecule has 1 aliphatic heterocycles. The van der Waals surface area contributed by atoms with Gasteiger partial charge in [-0.05, 0) is 25.8 Å². The van der Waals surface area contributed by atoms with E-state index in [1.807, 2.05) is 22.6 Å². The van der Waals surface area contributed by atoms with Crippen molar-refractivity contribution in [3.05, 3.63) is 17.5 Å². The summed E-state index contributed by atoms with van der Waals surface area (Å²) in [7, 11) is 0. The molecule has 1 aromatic rings. The number of piperazine rings is 1. The van der Waals surface area contributed by atoms with E-state index in [0.717, 1.165) is 31.6 Å². The number of carbonyl (C=O) groups is 1. The summed E-state index contributed by atoms with van der Waals surface area (Å²) in [5.74, 6) is 0.0798. The minimum Gasteiger partial charge on any atom is -0.395 e. The van der Waals surface area contributed by atoms with Crippen LogP contribution in [0.1, 0.15) is 48.9 Å². The highest BCUT2D eigenvalue weighted by Gasteiger charge is 2.26. The van der Waals surface area contributed by atoms with Gasteiger partial charge in [0.2, 0.25) is 0 Å². The number of aryl methyl sites for hydroxylation is 1. The molecule has 6 nitrogen and oxygen atoms in total. The first kappa shape index (κ1) is 17.0. The smallest absolute Gasteiger partial charge is 0.272 e. The summed E-state index contributed by atoms with van der Waals surface area (Å²) in [6, 6.07) is 2.18. The lowest BCUT2D eigenvalue weighted by Gasteiger charge is -2.34. The zero-order valence-corrected chi connectivity index (χ0v) is 14.0. The highest BCUT2D eigenvalue weighted by molar-refractivity contribution is 5.92. The van der Waals surface area contributed by atoms with Crippen LogP contribution in [0.3, 0.4) is 0 Å². The van der Waals surface area contributed by atoms with Crippen molar-refractivity contribution in [2.24, 2.45) is 0 Å². The number of hydrogen-bond acceptors (Lipinski definition) is 4. The third-order valence-electron chi connectivity index (χ3n) is 4.44. The van der Waals surface area contributed by atoms with Gasteiger partial charge in [0.25, 0.3) is 5.91 Å². The SMILES string of the molecule is CCC(CC)n1nc(C)cc1C(=O)N1CCN(CCO)CC1. The number of amides is 1. The molecule has 124 valence electrons. The van der Waals surface area contributed by atoms with Gasteiger partial charge in [-0.15, -0.1) is 0 Å². The van der Waals surface area contributed by atoms with Crippen molar-refractivity contribution in [2.75, 3.05) is 39.3 Å². The lowest BCUT2D eigenvalue weighted by atomic mass is 10.1. The summed E-state index contributed by atoms with van der Waals surface area (Å²) in [4.78, 5) is 16.9. The summed E-state index contributed by atoms with van der Waals surface area (Å²) in [6.07, 6.45) is 1.95. The maximum absolute atomic E-state index is 12.8. The van der Waals surface area contributed by atoms with E-state index in [0.29, 0.717) is 25.3 Å². The predicted molar refractivity (Wildman–Crippen MR) is 86.0 cm³/mol. The molecule has 1 saturated heterocycles. The Morgan fingerprint density at radius 2 is 1.91 bits per heavy atom. The van der Waals surface area contributed by atoms with Crippen LogP contribution in [0.5, 0.6) is 0 Å². The van der Waals surface area contributed by atoms with Crippen LogP contribution in [0.4, 0.5) is 0 Å². The Kier molecular flexibility index (Phi) is 5.97. The minimum atomic E-state index is 0.0798. The second kappa shape index (κ2) is 7.74. The van der Waals surface area contributed by atoms with Crippen molar-refractivity contribution >= 4 is 5.91 Å². The van der Waals surface area contributed by atoms with E-state index in [-0.39, 0.29) is 18.6 Å². The van der Waals surface area contributed by atoms with E-state index >= 15 is 0 Å². The molecule has 0 unspecified atom stereocenters. The van der Waals surface area contributed by atoms with E-state index in [4.69, 9.17) is 5.11 Å². The molecule has 2 heterocycles. The quantitative estimate of drug-likeness (QED) is 0.860. The monoisotopic (exact) mass is 308 g/mol. The Morgan fingerprint density at radius 1 is 1.27 bits per heavy atom. The maximum atomic E-state index is 12.8. The van der Waals surface area contributed by atoms with Crippen molar-refractivity contribution in [1.29, 1.82) is 0 Å². The molecule has 0 radical (unpaired) electrons. The molecule has 1 fully saturated rings. The summed E-state index contributed by atoms with van der Waals surface area (Å²) >= 11 is 0. The fourth-order valence-electron chi connectivity index (χ4n) is 3.07. The maximum Gasteiger partial charge on any atom is 0.272 e. The second-order valence-corrected chi connectivity index (χ2v) is 5.94. The van der Waals surface area contributed by atoms with Crippen molar-refractivity contribution < 1.29 is 9.90 Å². The average molecular weight is 308 g/mol. The Hall–Kier alpha value is -1.40. The van der Waals surface area contributed by atoms with Crippen LogP contribution in [0, 0.1) is 6.92 Å². The first-order valence-electron chi connectivity index (χ1n) is 8.29. The number of aromatic nitrogens is 2. The van der Waals surface area contributed by atoms with Crippen LogP contribution in [-0.2, 0) is 0 Å². The van der Waals surface area contributed by atoms with Crippen LogP contribution in [0.15, 0.2) is 6.07 Å². The van der Waals surface area contributed by atoms with Gasteiger partial charge >= 0.3 is 0 Å². The molecular weight excluding hydrogens is 280 g/mol. The van der Waals surface area contributed by atoms with E-state index < -0.39 is 0 Å². The van der Waals surface area contributed by atoms with Crippen LogP contribution in [0.2, 0.25) is 0 Å². The molecule has 0 spiro atoms. The number of rotatable bonds is 6. The van der Waals surface area contributed by atoms with Crippen LogP contribution < -0.4 is 0 Å². The van der Waals surface area contributed by atoms with Crippen LogP contribution in [0.25, 0.3) is 0 Å². The molecule has 0 aliphatic carbocycles. The van der Waals surface area contributed by atoms with Gasteiger partial charge in [0.1, 0.15) is 5.69 Å². The normalized spacial score (nSPS) is 16.5. The zero-order valence-electron chi connectivity index (χ0n) is 14.0. The Balaban J connectivity index is 2.10. The van der Waals surface area contributed by atoms with Crippen molar-refractivity contribution in [3.63, 3.8) is 0 Å². The van der Waals surface area contributed by atoms with Crippen molar-refractivity contribution in [1.82, 2.24) is 19.6 Å². The van der Waals surface area contributed by atoms with Gasteiger partial charge in [-0.2, -0.15) is 5.10 Å². The topological polar surface area (TPSA) is 61.6 Å². The van der Waals surface area contributed by atoms with Gasteiger partial charge in [0.15, 0.2) is 0 Å². The fraction of sp³-hybridized carbons (Fsp3) is 0.750. The standard InChI is InChI=1S/C16H28N4O2/c1-4-14(5-2)20-15(12-13(3)17-20)16(22)19-8-6-18(7-9-19)10-11-21/h12,14,21H,4-11H2,1-3H3. The van der Waals surface area contributed by atoms with Crippen LogP contribution in [-0.4, -0.2) is 69.9 Å². The van der Waals surface area contributed by atoms with E-state index in [9.17, 15) is 4.79 Å². The van der Waals surface area contributed by atoms with E-state index in [2.05, 4.69) is 23.8 Å². The molecular formula is C16H28N4O2.